The Balaban J connectivity index is 2.33. The highest BCUT2D eigenvalue weighted by Crippen LogP contribution is 2.17. The average Bonchev–Trinajstić information content (AvgIpc) is 2.26. The number of carbonyl (C=O) groups excluding carboxylic acids is 1. The third-order valence-corrected chi connectivity index (χ3v) is 2.98. The van der Waals surface area contributed by atoms with Gasteiger partial charge in [-0.2, -0.15) is 0 Å². The van der Waals surface area contributed by atoms with Crippen LogP contribution in [0.15, 0.2) is 10.7 Å². The van der Waals surface area contributed by atoms with Crippen LogP contribution in [0.3, 0.4) is 0 Å². The average molecular weight is 262 g/mol. The summed E-state index contributed by atoms with van der Waals surface area (Å²) in [5, 5.41) is 3.23. The van der Waals surface area contributed by atoms with Crippen molar-refractivity contribution in [3.8, 4) is 0 Å². The fraction of sp³-hybridized carbons (Fsp3) is 0.700. The molecule has 0 spiro atoms. The van der Waals surface area contributed by atoms with Gasteiger partial charge in [-0.15, -0.1) is 0 Å². The fourth-order valence-electron chi connectivity index (χ4n) is 1.62. The van der Waals surface area contributed by atoms with Gasteiger partial charge in [-0.3, -0.25) is 0 Å². The summed E-state index contributed by atoms with van der Waals surface area (Å²) in [7, 11) is 1.37. The molecule has 0 radical (unpaired) electrons. The van der Waals surface area contributed by atoms with E-state index in [1.807, 2.05) is 0 Å². The fourth-order valence-corrected chi connectivity index (χ4v) is 1.91. The number of ether oxygens (including phenoxy) is 1. The summed E-state index contributed by atoms with van der Waals surface area (Å²) in [6.07, 6.45) is 7.97. The summed E-state index contributed by atoms with van der Waals surface area (Å²) in [5.74, 6) is -0.340. The molecular formula is C10H16BrNO2. The van der Waals surface area contributed by atoms with E-state index >= 15 is 0 Å². The van der Waals surface area contributed by atoms with Crippen LogP contribution < -0.4 is 5.32 Å². The third kappa shape index (κ3) is 3.70. The molecule has 3 nitrogen and oxygen atoms in total. The molecule has 0 heterocycles. The minimum Gasteiger partial charge on any atom is -0.465 e. The molecule has 1 aliphatic carbocycles. The second-order valence-corrected chi connectivity index (χ2v) is 4.34. The second-order valence-electron chi connectivity index (χ2n) is 3.49. The van der Waals surface area contributed by atoms with Gasteiger partial charge in [-0.25, -0.2) is 4.79 Å². The zero-order valence-electron chi connectivity index (χ0n) is 8.38. The number of halogens is 1. The van der Waals surface area contributed by atoms with Gasteiger partial charge in [-0.1, -0.05) is 19.3 Å². The van der Waals surface area contributed by atoms with E-state index in [1.54, 1.807) is 6.20 Å². The summed E-state index contributed by atoms with van der Waals surface area (Å²) < 4.78 is 5.01. The number of hydrogen-bond donors (Lipinski definition) is 1. The Morgan fingerprint density at radius 2 is 2.07 bits per heavy atom. The Labute approximate surface area is 93.0 Å². The number of rotatable bonds is 3. The largest absolute Gasteiger partial charge is 0.465 e. The van der Waals surface area contributed by atoms with Gasteiger partial charge in [0.2, 0.25) is 0 Å². The number of carbonyl (C=O) groups is 1. The minimum absolute atomic E-state index is 0.340. The SMILES string of the molecule is COC(=O)/C(Br)=C\NC1CCCCC1. The normalized spacial score (nSPS) is 19.1. The van der Waals surface area contributed by atoms with Crippen molar-refractivity contribution in [1.82, 2.24) is 5.32 Å². The molecule has 0 atom stereocenters. The van der Waals surface area contributed by atoms with Crippen LogP contribution in [0.5, 0.6) is 0 Å². The minimum atomic E-state index is -0.340. The van der Waals surface area contributed by atoms with Gasteiger partial charge in [0, 0.05) is 12.2 Å². The molecule has 4 heteroatoms. The van der Waals surface area contributed by atoms with E-state index in [9.17, 15) is 4.79 Å². The van der Waals surface area contributed by atoms with Crippen molar-refractivity contribution in [2.75, 3.05) is 7.11 Å². The van der Waals surface area contributed by atoms with Crippen molar-refractivity contribution in [1.29, 1.82) is 0 Å². The zero-order valence-corrected chi connectivity index (χ0v) is 9.97. The standard InChI is InChI=1S/C10H16BrNO2/c1-14-10(13)9(11)7-12-8-5-3-2-4-6-8/h7-8,12H,2-6H2,1H3/b9-7+. The van der Waals surface area contributed by atoms with E-state index in [-0.39, 0.29) is 5.97 Å². The molecule has 1 saturated carbocycles. The number of esters is 1. The highest BCUT2D eigenvalue weighted by atomic mass is 79.9. The Morgan fingerprint density at radius 1 is 1.43 bits per heavy atom. The third-order valence-electron chi connectivity index (χ3n) is 2.43. The Hall–Kier alpha value is -0.510. The van der Waals surface area contributed by atoms with E-state index in [2.05, 4.69) is 26.0 Å². The maximum absolute atomic E-state index is 11.0. The van der Waals surface area contributed by atoms with E-state index in [4.69, 9.17) is 0 Å². The van der Waals surface area contributed by atoms with Crippen molar-refractivity contribution in [3.63, 3.8) is 0 Å². The number of hydrogen-bond acceptors (Lipinski definition) is 3. The van der Waals surface area contributed by atoms with Crippen molar-refractivity contribution in [2.24, 2.45) is 0 Å². The quantitative estimate of drug-likeness (QED) is 0.626. The van der Waals surface area contributed by atoms with E-state index in [0.717, 1.165) is 0 Å². The van der Waals surface area contributed by atoms with Crippen LogP contribution in [-0.2, 0) is 9.53 Å². The lowest BCUT2D eigenvalue weighted by molar-refractivity contribution is -0.135. The van der Waals surface area contributed by atoms with Gasteiger partial charge in [0.25, 0.3) is 0 Å². The summed E-state index contributed by atoms with van der Waals surface area (Å²) in [5.41, 5.74) is 0. The summed E-state index contributed by atoms with van der Waals surface area (Å²) in [6.45, 7) is 0. The van der Waals surface area contributed by atoms with Crippen molar-refractivity contribution >= 4 is 21.9 Å². The topological polar surface area (TPSA) is 38.3 Å². The summed E-state index contributed by atoms with van der Waals surface area (Å²) in [6, 6.07) is 0.515. The first-order valence-corrected chi connectivity index (χ1v) is 5.73. The highest BCUT2D eigenvalue weighted by molar-refractivity contribution is 9.12. The molecule has 0 unspecified atom stereocenters. The van der Waals surface area contributed by atoms with Crippen LogP contribution in [0.2, 0.25) is 0 Å². The van der Waals surface area contributed by atoms with Crippen LogP contribution in [-0.4, -0.2) is 19.1 Å². The van der Waals surface area contributed by atoms with Crippen LogP contribution in [0, 0.1) is 0 Å². The van der Waals surface area contributed by atoms with Crippen molar-refractivity contribution < 1.29 is 9.53 Å². The van der Waals surface area contributed by atoms with Crippen LogP contribution in [0.1, 0.15) is 32.1 Å². The van der Waals surface area contributed by atoms with E-state index in [0.29, 0.717) is 10.5 Å². The van der Waals surface area contributed by atoms with Crippen LogP contribution >= 0.6 is 15.9 Å². The first-order valence-electron chi connectivity index (χ1n) is 4.94. The van der Waals surface area contributed by atoms with E-state index in [1.165, 1.54) is 39.2 Å². The molecule has 1 N–H and O–H groups in total. The maximum Gasteiger partial charge on any atom is 0.346 e. The molecular weight excluding hydrogens is 246 g/mol. The Bertz CT molecular complexity index is 222. The maximum atomic E-state index is 11.0. The lowest BCUT2D eigenvalue weighted by Gasteiger charge is -2.21. The molecule has 0 aromatic heterocycles. The first-order chi connectivity index (χ1) is 6.74. The second kappa shape index (κ2) is 6.06. The van der Waals surface area contributed by atoms with Gasteiger partial charge in [-0.05, 0) is 28.8 Å². The number of methoxy groups -OCH3 is 1. The molecule has 1 fully saturated rings. The molecule has 0 amide bonds. The van der Waals surface area contributed by atoms with Gasteiger partial charge in [0.15, 0.2) is 0 Å². The van der Waals surface area contributed by atoms with E-state index < -0.39 is 0 Å². The number of nitrogens with one attached hydrogen (secondary N) is 1. The molecule has 0 aromatic carbocycles. The summed E-state index contributed by atoms with van der Waals surface area (Å²) in [4.78, 5) is 11.0. The molecule has 14 heavy (non-hydrogen) atoms. The van der Waals surface area contributed by atoms with Gasteiger partial charge < -0.3 is 10.1 Å². The molecule has 1 rings (SSSR count). The van der Waals surface area contributed by atoms with Crippen molar-refractivity contribution in [3.05, 3.63) is 10.7 Å². The lowest BCUT2D eigenvalue weighted by atomic mass is 9.96. The predicted molar refractivity (Wildman–Crippen MR) is 59.0 cm³/mol. The van der Waals surface area contributed by atoms with Crippen LogP contribution in [0.25, 0.3) is 0 Å². The molecule has 0 aromatic rings. The molecule has 0 saturated heterocycles. The monoisotopic (exact) mass is 261 g/mol. The van der Waals surface area contributed by atoms with Gasteiger partial charge in [0.05, 0.1) is 7.11 Å². The molecule has 0 bridgehead atoms. The lowest BCUT2D eigenvalue weighted by Crippen LogP contribution is -2.27. The molecule has 1 aliphatic rings. The first kappa shape index (κ1) is 11.6. The Morgan fingerprint density at radius 3 is 2.64 bits per heavy atom. The summed E-state index contributed by atoms with van der Waals surface area (Å²) >= 11 is 3.15. The molecule has 0 aliphatic heterocycles. The smallest absolute Gasteiger partial charge is 0.346 e. The predicted octanol–water partition coefficient (Wildman–Crippen LogP) is 2.32. The highest BCUT2D eigenvalue weighted by Gasteiger charge is 2.12. The van der Waals surface area contributed by atoms with Crippen LogP contribution in [0.4, 0.5) is 0 Å². The molecule has 80 valence electrons. The van der Waals surface area contributed by atoms with Gasteiger partial charge in [0.1, 0.15) is 4.48 Å². The van der Waals surface area contributed by atoms with Crippen molar-refractivity contribution in [2.45, 2.75) is 38.1 Å². The Kier molecular flexibility index (Phi) is 5.01. The zero-order chi connectivity index (χ0) is 10.4. The van der Waals surface area contributed by atoms with Gasteiger partial charge >= 0.3 is 5.97 Å².